The predicted molar refractivity (Wildman–Crippen MR) is 134 cm³/mol. The van der Waals surface area contributed by atoms with E-state index in [2.05, 4.69) is 66.7 Å². The third kappa shape index (κ3) is 5.32. The van der Waals surface area contributed by atoms with E-state index >= 15 is 0 Å². The molecular weight excluding hydrogens is 394 g/mol. The minimum atomic E-state index is 0.0122. The summed E-state index contributed by atoms with van der Waals surface area (Å²) in [6, 6.07) is 9.16. The maximum absolute atomic E-state index is 13.0. The van der Waals surface area contributed by atoms with E-state index < -0.39 is 0 Å². The maximum Gasteiger partial charge on any atom is 0.239 e. The molecule has 0 aromatic heterocycles. The van der Waals surface area contributed by atoms with E-state index in [4.69, 9.17) is 0 Å². The van der Waals surface area contributed by atoms with Crippen LogP contribution < -0.4 is 4.90 Å². The number of amides is 1. The summed E-state index contributed by atoms with van der Waals surface area (Å²) >= 11 is 0. The Hall–Kier alpha value is -1.55. The molecule has 1 aromatic carbocycles. The third-order valence-corrected chi connectivity index (χ3v) is 8.56. The highest BCUT2D eigenvalue weighted by atomic mass is 16.2. The van der Waals surface area contributed by atoms with Gasteiger partial charge in [0.2, 0.25) is 5.91 Å². The highest BCUT2D eigenvalue weighted by molar-refractivity contribution is 5.81. The lowest BCUT2D eigenvalue weighted by atomic mass is 9.68. The van der Waals surface area contributed by atoms with Crippen LogP contribution in [0.3, 0.4) is 0 Å². The minimum absolute atomic E-state index is 0.0122. The summed E-state index contributed by atoms with van der Waals surface area (Å²) in [6.45, 7) is 15.2. The van der Waals surface area contributed by atoms with Crippen LogP contribution >= 0.6 is 0 Å². The van der Waals surface area contributed by atoms with Gasteiger partial charge in [-0.05, 0) is 80.8 Å². The van der Waals surface area contributed by atoms with Crippen LogP contribution in [0.2, 0.25) is 0 Å². The lowest BCUT2D eigenvalue weighted by Crippen LogP contribution is -2.55. The van der Waals surface area contributed by atoms with Gasteiger partial charge in [-0.15, -0.1) is 0 Å². The summed E-state index contributed by atoms with van der Waals surface area (Å²) in [5.41, 5.74) is 3.44. The SMILES string of the molecule is CC(C(=O)N1CCCCC1)N1CCN(c2ccccc2C2CCC(C(C)(C)C)CC2)CC1. The first-order valence-corrected chi connectivity index (χ1v) is 13.2. The van der Waals surface area contributed by atoms with Crippen LogP contribution in [0.25, 0.3) is 0 Å². The molecule has 1 unspecified atom stereocenters. The number of para-hydroxylation sites is 1. The van der Waals surface area contributed by atoms with Gasteiger partial charge in [0.1, 0.15) is 0 Å². The quantitative estimate of drug-likeness (QED) is 0.617. The molecule has 0 radical (unpaired) electrons. The van der Waals surface area contributed by atoms with Gasteiger partial charge < -0.3 is 9.80 Å². The topological polar surface area (TPSA) is 26.8 Å². The number of nitrogens with zero attached hydrogens (tertiary/aromatic N) is 3. The van der Waals surface area contributed by atoms with E-state index in [1.54, 1.807) is 5.56 Å². The van der Waals surface area contributed by atoms with Crippen LogP contribution in [0.4, 0.5) is 5.69 Å². The summed E-state index contributed by atoms with van der Waals surface area (Å²) in [6.07, 6.45) is 8.95. The number of likely N-dealkylation sites (tertiary alicyclic amines) is 1. The van der Waals surface area contributed by atoms with Gasteiger partial charge in [-0.2, -0.15) is 0 Å². The van der Waals surface area contributed by atoms with Gasteiger partial charge in [-0.3, -0.25) is 9.69 Å². The molecular formula is C28H45N3O. The molecule has 32 heavy (non-hydrogen) atoms. The smallest absolute Gasteiger partial charge is 0.239 e. The molecule has 2 aliphatic heterocycles. The zero-order chi connectivity index (χ0) is 22.7. The normalized spacial score (nSPS) is 26.8. The molecule has 0 spiro atoms. The number of carbonyl (C=O) groups is 1. The molecule has 2 heterocycles. The highest BCUT2D eigenvalue weighted by Gasteiger charge is 2.33. The average molecular weight is 440 g/mol. The molecule has 1 aromatic rings. The number of carbonyl (C=O) groups excluding carboxylic acids is 1. The predicted octanol–water partition coefficient (Wildman–Crippen LogP) is 5.53. The summed E-state index contributed by atoms with van der Waals surface area (Å²) in [5.74, 6) is 1.89. The second-order valence-corrected chi connectivity index (χ2v) is 11.6. The standard InChI is InChI=1S/C28H45N3O/c1-22(27(32)31-16-8-5-9-17-31)29-18-20-30(21-19-29)26-11-7-6-10-25(26)23-12-14-24(15-13-23)28(2,3)4/h6-7,10-11,22-24H,5,8-9,12-21H2,1-4H3. The van der Waals surface area contributed by atoms with E-state index in [1.165, 1.54) is 50.6 Å². The van der Waals surface area contributed by atoms with Crippen molar-refractivity contribution in [3.63, 3.8) is 0 Å². The van der Waals surface area contributed by atoms with Crippen LogP contribution in [0.5, 0.6) is 0 Å². The van der Waals surface area contributed by atoms with Crippen molar-refractivity contribution in [1.82, 2.24) is 9.80 Å². The molecule has 2 saturated heterocycles. The molecule has 1 atom stereocenters. The Kier molecular flexibility index (Phi) is 7.49. The van der Waals surface area contributed by atoms with Crippen LogP contribution in [0, 0.1) is 11.3 Å². The molecule has 3 aliphatic rings. The highest BCUT2D eigenvalue weighted by Crippen LogP contribution is 2.45. The van der Waals surface area contributed by atoms with Crippen molar-refractivity contribution < 1.29 is 4.79 Å². The fraction of sp³-hybridized carbons (Fsp3) is 0.750. The molecule has 1 saturated carbocycles. The van der Waals surface area contributed by atoms with Gasteiger partial charge in [-0.1, -0.05) is 39.0 Å². The fourth-order valence-electron chi connectivity index (χ4n) is 6.28. The number of hydrogen-bond acceptors (Lipinski definition) is 3. The number of anilines is 1. The number of rotatable bonds is 4. The maximum atomic E-state index is 13.0. The third-order valence-electron chi connectivity index (χ3n) is 8.56. The molecule has 178 valence electrons. The Balaban J connectivity index is 1.36. The lowest BCUT2D eigenvalue weighted by molar-refractivity contribution is -0.137. The van der Waals surface area contributed by atoms with Crippen LogP contribution in [-0.2, 0) is 4.79 Å². The summed E-state index contributed by atoms with van der Waals surface area (Å²) in [5, 5.41) is 0. The second-order valence-electron chi connectivity index (χ2n) is 11.6. The van der Waals surface area contributed by atoms with E-state index in [-0.39, 0.29) is 6.04 Å². The van der Waals surface area contributed by atoms with E-state index in [9.17, 15) is 4.79 Å². The second kappa shape index (κ2) is 10.2. The van der Waals surface area contributed by atoms with E-state index in [1.807, 2.05) is 0 Å². The van der Waals surface area contributed by atoms with Gasteiger partial charge >= 0.3 is 0 Å². The van der Waals surface area contributed by atoms with Crippen LogP contribution in [0.1, 0.15) is 84.1 Å². The Bertz CT molecular complexity index is 748. The largest absolute Gasteiger partial charge is 0.369 e. The molecule has 1 amide bonds. The van der Waals surface area contributed by atoms with Crippen molar-refractivity contribution in [3.8, 4) is 0 Å². The van der Waals surface area contributed by atoms with Crippen molar-refractivity contribution >= 4 is 11.6 Å². The summed E-state index contributed by atoms with van der Waals surface area (Å²) in [7, 11) is 0. The van der Waals surface area contributed by atoms with Crippen molar-refractivity contribution in [2.75, 3.05) is 44.2 Å². The van der Waals surface area contributed by atoms with Crippen molar-refractivity contribution in [3.05, 3.63) is 29.8 Å². The Morgan fingerprint density at radius 2 is 1.50 bits per heavy atom. The first kappa shape index (κ1) is 23.6. The number of piperidine rings is 1. The summed E-state index contributed by atoms with van der Waals surface area (Å²) < 4.78 is 0. The molecule has 4 heteroatoms. The van der Waals surface area contributed by atoms with Gasteiger partial charge in [0.15, 0.2) is 0 Å². The van der Waals surface area contributed by atoms with E-state index in [0.29, 0.717) is 17.2 Å². The zero-order valence-electron chi connectivity index (χ0n) is 21.0. The zero-order valence-corrected chi connectivity index (χ0v) is 21.0. The van der Waals surface area contributed by atoms with Crippen molar-refractivity contribution in [2.24, 2.45) is 11.3 Å². The van der Waals surface area contributed by atoms with Gasteiger partial charge in [-0.25, -0.2) is 0 Å². The van der Waals surface area contributed by atoms with Crippen LogP contribution in [-0.4, -0.2) is 61.0 Å². The van der Waals surface area contributed by atoms with Crippen LogP contribution in [0.15, 0.2) is 24.3 Å². The van der Waals surface area contributed by atoms with Gasteiger partial charge in [0.25, 0.3) is 0 Å². The molecule has 4 rings (SSSR count). The molecule has 3 fully saturated rings. The molecule has 4 nitrogen and oxygen atoms in total. The van der Waals surface area contributed by atoms with Crippen molar-refractivity contribution in [1.29, 1.82) is 0 Å². The van der Waals surface area contributed by atoms with E-state index in [0.717, 1.165) is 45.2 Å². The fourth-order valence-corrected chi connectivity index (χ4v) is 6.28. The Morgan fingerprint density at radius 1 is 0.875 bits per heavy atom. The first-order valence-electron chi connectivity index (χ1n) is 13.2. The number of piperazine rings is 1. The van der Waals surface area contributed by atoms with Gasteiger partial charge in [0, 0.05) is 45.0 Å². The number of hydrogen-bond donors (Lipinski definition) is 0. The lowest BCUT2D eigenvalue weighted by Gasteiger charge is -2.42. The molecule has 1 aliphatic carbocycles. The number of benzene rings is 1. The molecule has 0 N–H and O–H groups in total. The Labute approximate surface area is 196 Å². The molecule has 0 bridgehead atoms. The van der Waals surface area contributed by atoms with Gasteiger partial charge in [0.05, 0.1) is 6.04 Å². The average Bonchev–Trinajstić information content (AvgIpc) is 2.83. The summed E-state index contributed by atoms with van der Waals surface area (Å²) in [4.78, 5) is 20.1. The monoisotopic (exact) mass is 439 g/mol. The minimum Gasteiger partial charge on any atom is -0.369 e. The first-order chi connectivity index (χ1) is 15.3. The van der Waals surface area contributed by atoms with Crippen molar-refractivity contribution in [2.45, 2.75) is 84.6 Å². The Morgan fingerprint density at radius 3 is 2.12 bits per heavy atom.